The predicted octanol–water partition coefficient (Wildman–Crippen LogP) is 2.63. The van der Waals surface area contributed by atoms with Crippen LogP contribution in [0.1, 0.15) is 23.7 Å². The summed E-state index contributed by atoms with van der Waals surface area (Å²) in [6.45, 7) is 0.587. The number of carbonyl (C=O) groups is 2. The van der Waals surface area contributed by atoms with Crippen LogP contribution in [0.15, 0.2) is 48.8 Å². The van der Waals surface area contributed by atoms with E-state index in [0.717, 1.165) is 10.5 Å². The minimum Gasteiger partial charge on any atom is -0.340 e. The average molecular weight is 384 g/mol. The second-order valence-corrected chi connectivity index (χ2v) is 6.65. The second kappa shape index (κ2) is 7.72. The first-order valence-electron chi connectivity index (χ1n) is 8.70. The van der Waals surface area contributed by atoms with Crippen molar-refractivity contribution in [1.82, 2.24) is 15.2 Å². The van der Waals surface area contributed by atoms with Crippen molar-refractivity contribution in [3.63, 3.8) is 0 Å². The molecular weight excluding hydrogens is 366 g/mol. The highest BCUT2D eigenvalue weighted by Crippen LogP contribution is 2.32. The van der Waals surface area contributed by atoms with Crippen LogP contribution in [0, 0.1) is 11.3 Å². The highest BCUT2D eigenvalue weighted by atomic mass is 19.3. The Labute approximate surface area is 160 Å². The van der Waals surface area contributed by atoms with E-state index < -0.39 is 42.8 Å². The van der Waals surface area contributed by atoms with Crippen LogP contribution in [-0.2, 0) is 4.79 Å². The van der Waals surface area contributed by atoms with Gasteiger partial charge in [-0.3, -0.25) is 14.6 Å². The zero-order chi connectivity index (χ0) is 20.3. The lowest BCUT2D eigenvalue weighted by atomic mass is 10.0. The molecule has 2 unspecified atom stereocenters. The molecule has 1 N–H and O–H groups in total. The van der Waals surface area contributed by atoms with Gasteiger partial charge in [0.05, 0.1) is 18.2 Å². The Bertz CT molecular complexity index is 927. The summed E-state index contributed by atoms with van der Waals surface area (Å²) < 4.78 is 27.2. The first kappa shape index (κ1) is 19.4. The third kappa shape index (κ3) is 3.98. The standard InChI is InChI=1S/C20H18F2N4O2/c1-13(19(28)26-12-20(21,22)9-15(26)10-23)25-18(27)16-7-8-24-11-17(16)14-5-3-2-4-6-14/h2-8,11,13,15H,9,12H2,1H3,(H,25,27). The zero-order valence-corrected chi connectivity index (χ0v) is 15.1. The molecule has 2 amide bonds. The van der Waals surface area contributed by atoms with Gasteiger partial charge in [-0.1, -0.05) is 30.3 Å². The van der Waals surface area contributed by atoms with Crippen molar-refractivity contribution in [2.75, 3.05) is 6.54 Å². The molecule has 2 atom stereocenters. The number of likely N-dealkylation sites (tertiary alicyclic amines) is 1. The molecule has 1 aliphatic heterocycles. The number of hydrogen-bond acceptors (Lipinski definition) is 4. The molecule has 28 heavy (non-hydrogen) atoms. The third-order valence-corrected chi connectivity index (χ3v) is 4.57. The smallest absolute Gasteiger partial charge is 0.268 e. The molecule has 2 aromatic rings. The summed E-state index contributed by atoms with van der Waals surface area (Å²) in [5, 5.41) is 11.6. The van der Waals surface area contributed by atoms with Gasteiger partial charge in [-0.2, -0.15) is 5.26 Å². The first-order valence-corrected chi connectivity index (χ1v) is 8.70. The summed E-state index contributed by atoms with van der Waals surface area (Å²) >= 11 is 0. The quantitative estimate of drug-likeness (QED) is 0.878. The van der Waals surface area contributed by atoms with Gasteiger partial charge in [-0.15, -0.1) is 0 Å². The molecule has 0 radical (unpaired) electrons. The van der Waals surface area contributed by atoms with Crippen LogP contribution in [0.2, 0.25) is 0 Å². The highest BCUT2D eigenvalue weighted by Gasteiger charge is 2.48. The Morgan fingerprint density at radius 3 is 2.71 bits per heavy atom. The number of nitriles is 1. The van der Waals surface area contributed by atoms with Gasteiger partial charge < -0.3 is 10.2 Å². The van der Waals surface area contributed by atoms with Crippen molar-refractivity contribution in [2.45, 2.75) is 31.4 Å². The van der Waals surface area contributed by atoms with Crippen molar-refractivity contribution in [3.8, 4) is 17.2 Å². The Morgan fingerprint density at radius 1 is 1.32 bits per heavy atom. The molecule has 2 heterocycles. The van der Waals surface area contributed by atoms with Crippen molar-refractivity contribution in [3.05, 3.63) is 54.4 Å². The molecule has 6 nitrogen and oxygen atoms in total. The summed E-state index contributed by atoms with van der Waals surface area (Å²) in [6.07, 6.45) is 2.31. The zero-order valence-electron chi connectivity index (χ0n) is 15.1. The molecule has 0 spiro atoms. The lowest BCUT2D eigenvalue weighted by molar-refractivity contribution is -0.134. The van der Waals surface area contributed by atoms with Crippen LogP contribution in [0.3, 0.4) is 0 Å². The van der Waals surface area contributed by atoms with Gasteiger partial charge in [0.1, 0.15) is 12.1 Å². The molecule has 1 aliphatic rings. The molecule has 3 rings (SSSR count). The lowest BCUT2D eigenvalue weighted by Gasteiger charge is -2.24. The molecular formula is C20H18F2N4O2. The number of benzene rings is 1. The van der Waals surface area contributed by atoms with Crippen LogP contribution >= 0.6 is 0 Å². The van der Waals surface area contributed by atoms with Gasteiger partial charge in [0, 0.05) is 24.4 Å². The van der Waals surface area contributed by atoms with E-state index in [0.29, 0.717) is 11.1 Å². The van der Waals surface area contributed by atoms with Crippen molar-refractivity contribution >= 4 is 11.8 Å². The van der Waals surface area contributed by atoms with Gasteiger partial charge in [0.25, 0.3) is 11.8 Å². The molecule has 144 valence electrons. The largest absolute Gasteiger partial charge is 0.340 e. The molecule has 0 aliphatic carbocycles. The fraction of sp³-hybridized carbons (Fsp3) is 0.300. The SMILES string of the molecule is CC(NC(=O)c1ccncc1-c1ccccc1)C(=O)N1CC(F)(F)CC1C#N. The number of amides is 2. The maximum Gasteiger partial charge on any atom is 0.268 e. The topological polar surface area (TPSA) is 86.1 Å². The van der Waals surface area contributed by atoms with Crippen molar-refractivity contribution in [2.24, 2.45) is 0 Å². The van der Waals surface area contributed by atoms with Gasteiger partial charge in [0.15, 0.2) is 0 Å². The monoisotopic (exact) mass is 384 g/mol. The van der Waals surface area contributed by atoms with Crippen LogP contribution < -0.4 is 5.32 Å². The van der Waals surface area contributed by atoms with E-state index in [9.17, 15) is 18.4 Å². The Kier molecular flexibility index (Phi) is 5.36. The average Bonchev–Trinajstić information content (AvgIpc) is 3.02. The number of rotatable bonds is 4. The van der Waals surface area contributed by atoms with Crippen LogP contribution in [0.25, 0.3) is 11.1 Å². The number of halogens is 2. The number of carbonyl (C=O) groups excluding carboxylic acids is 2. The number of pyridine rings is 1. The second-order valence-electron chi connectivity index (χ2n) is 6.65. The fourth-order valence-electron chi connectivity index (χ4n) is 3.19. The predicted molar refractivity (Wildman–Crippen MR) is 97.3 cm³/mol. The molecule has 1 fully saturated rings. The molecule has 1 saturated heterocycles. The molecule has 1 aromatic carbocycles. The van der Waals surface area contributed by atoms with Crippen LogP contribution in [-0.4, -0.2) is 46.2 Å². The van der Waals surface area contributed by atoms with Crippen molar-refractivity contribution < 1.29 is 18.4 Å². The molecule has 0 bridgehead atoms. The van der Waals surface area contributed by atoms with E-state index >= 15 is 0 Å². The lowest BCUT2D eigenvalue weighted by Crippen LogP contribution is -2.48. The highest BCUT2D eigenvalue weighted by molar-refractivity contribution is 6.02. The third-order valence-electron chi connectivity index (χ3n) is 4.57. The molecule has 1 aromatic heterocycles. The number of aromatic nitrogens is 1. The van der Waals surface area contributed by atoms with Crippen LogP contribution in [0.4, 0.5) is 8.78 Å². The summed E-state index contributed by atoms with van der Waals surface area (Å²) in [5.41, 5.74) is 1.68. The number of nitrogens with one attached hydrogen (secondary N) is 1. The maximum absolute atomic E-state index is 13.6. The molecule has 0 saturated carbocycles. The summed E-state index contributed by atoms with van der Waals surface area (Å²) in [7, 11) is 0. The van der Waals surface area contributed by atoms with E-state index in [2.05, 4.69) is 10.3 Å². The van der Waals surface area contributed by atoms with Gasteiger partial charge in [-0.05, 0) is 18.6 Å². The van der Waals surface area contributed by atoms with Crippen molar-refractivity contribution in [1.29, 1.82) is 5.26 Å². The summed E-state index contributed by atoms with van der Waals surface area (Å²) in [5.74, 6) is -4.35. The summed E-state index contributed by atoms with van der Waals surface area (Å²) in [6, 6.07) is 10.1. The number of nitrogens with zero attached hydrogens (tertiary/aromatic N) is 3. The maximum atomic E-state index is 13.6. The minimum atomic E-state index is -3.11. The van der Waals surface area contributed by atoms with E-state index in [1.807, 2.05) is 30.3 Å². The van der Waals surface area contributed by atoms with Gasteiger partial charge in [-0.25, -0.2) is 8.78 Å². The Hall–Kier alpha value is -3.34. The number of alkyl halides is 2. The van der Waals surface area contributed by atoms with Crippen LogP contribution in [0.5, 0.6) is 0 Å². The normalized spacial score (nSPS) is 18.9. The minimum absolute atomic E-state index is 0.310. The Balaban J connectivity index is 1.77. The number of hydrogen-bond donors (Lipinski definition) is 1. The Morgan fingerprint density at radius 2 is 2.04 bits per heavy atom. The van der Waals surface area contributed by atoms with Gasteiger partial charge >= 0.3 is 0 Å². The fourth-order valence-corrected chi connectivity index (χ4v) is 3.19. The first-order chi connectivity index (χ1) is 13.3. The van der Waals surface area contributed by atoms with E-state index in [1.54, 1.807) is 12.3 Å². The molecule has 8 heteroatoms. The van der Waals surface area contributed by atoms with E-state index in [4.69, 9.17) is 5.26 Å². The summed E-state index contributed by atoms with van der Waals surface area (Å²) in [4.78, 5) is 30.1. The van der Waals surface area contributed by atoms with E-state index in [-0.39, 0.29) is 0 Å². The van der Waals surface area contributed by atoms with E-state index in [1.165, 1.54) is 19.2 Å². The van der Waals surface area contributed by atoms with Gasteiger partial charge in [0.2, 0.25) is 5.91 Å².